The van der Waals surface area contributed by atoms with Crippen LogP contribution in [0.3, 0.4) is 0 Å². The summed E-state index contributed by atoms with van der Waals surface area (Å²) in [6.45, 7) is 1.83. The van der Waals surface area contributed by atoms with Crippen molar-refractivity contribution >= 4 is 40.7 Å². The molecule has 1 aromatic carbocycles. The summed E-state index contributed by atoms with van der Waals surface area (Å²) in [7, 11) is 0. The quantitative estimate of drug-likeness (QED) is 0.737. The van der Waals surface area contributed by atoms with Gasteiger partial charge in [0, 0.05) is 22.3 Å². The number of halogens is 2. The fourth-order valence-electron chi connectivity index (χ4n) is 2.44. The molecule has 0 atom stereocenters. The van der Waals surface area contributed by atoms with Gasteiger partial charge in [0.1, 0.15) is 0 Å². The number of aliphatic hydroxyl groups is 1. The first-order valence-electron chi connectivity index (χ1n) is 7.08. The van der Waals surface area contributed by atoms with Crippen LogP contribution in [-0.2, 0) is 9.59 Å². The van der Waals surface area contributed by atoms with Crippen molar-refractivity contribution in [2.24, 2.45) is 0 Å². The van der Waals surface area contributed by atoms with Crippen molar-refractivity contribution in [3.05, 3.63) is 27.7 Å². The fraction of sp³-hybridized carbons (Fsp3) is 0.467. The molecule has 120 valence electrons. The van der Waals surface area contributed by atoms with E-state index in [4.69, 9.17) is 23.2 Å². The maximum atomic E-state index is 11.8. The van der Waals surface area contributed by atoms with Crippen LogP contribution in [0.2, 0.25) is 10.0 Å². The van der Waals surface area contributed by atoms with Crippen LogP contribution in [0, 0.1) is 6.92 Å². The zero-order valence-corrected chi connectivity index (χ0v) is 13.7. The number of rotatable bonds is 3. The number of benzene rings is 1. The van der Waals surface area contributed by atoms with Gasteiger partial charge in [0.25, 0.3) is 0 Å². The second kappa shape index (κ2) is 6.86. The Hall–Kier alpha value is -1.30. The van der Waals surface area contributed by atoms with Crippen molar-refractivity contribution in [3.8, 4) is 0 Å². The number of hydrogen-bond donors (Lipinski definition) is 3. The number of carbonyl (C=O) groups is 2. The van der Waals surface area contributed by atoms with Gasteiger partial charge in [0.2, 0.25) is 0 Å². The Bertz CT molecular complexity index is 575. The van der Waals surface area contributed by atoms with Crippen molar-refractivity contribution in [2.45, 2.75) is 38.2 Å². The molecular weight excluding hydrogens is 327 g/mol. The Labute approximate surface area is 139 Å². The molecule has 1 aliphatic carbocycles. The van der Waals surface area contributed by atoms with Crippen molar-refractivity contribution in [3.63, 3.8) is 0 Å². The molecule has 0 heterocycles. The molecule has 2 amide bonds. The highest BCUT2D eigenvalue weighted by atomic mass is 35.5. The second-order valence-corrected chi connectivity index (χ2v) is 6.45. The summed E-state index contributed by atoms with van der Waals surface area (Å²) in [5.41, 5.74) is 0.154. The first kappa shape index (κ1) is 17.1. The lowest BCUT2D eigenvalue weighted by Gasteiger charge is -2.22. The van der Waals surface area contributed by atoms with Crippen molar-refractivity contribution in [1.82, 2.24) is 5.32 Å². The van der Waals surface area contributed by atoms with Crippen molar-refractivity contribution in [1.29, 1.82) is 0 Å². The van der Waals surface area contributed by atoms with E-state index in [0.29, 0.717) is 34.1 Å². The minimum Gasteiger partial charge on any atom is -0.388 e. The predicted octanol–water partition coefficient (Wildman–Crippen LogP) is 2.66. The monoisotopic (exact) mass is 344 g/mol. The highest BCUT2D eigenvalue weighted by Gasteiger charge is 2.32. The first-order valence-corrected chi connectivity index (χ1v) is 7.83. The Morgan fingerprint density at radius 2 is 1.73 bits per heavy atom. The van der Waals surface area contributed by atoms with Crippen LogP contribution in [-0.4, -0.2) is 29.1 Å². The summed E-state index contributed by atoms with van der Waals surface area (Å²) in [6, 6.07) is 3.05. The number of amides is 2. The molecule has 0 spiro atoms. The topological polar surface area (TPSA) is 78.4 Å². The SMILES string of the molecule is Cc1c(Cl)cc(NC(=O)C(=O)NCC2(O)CCCC2)cc1Cl. The van der Waals surface area contributed by atoms with Gasteiger partial charge in [0.15, 0.2) is 0 Å². The Morgan fingerprint density at radius 3 is 2.27 bits per heavy atom. The van der Waals surface area contributed by atoms with Gasteiger partial charge in [-0.25, -0.2) is 0 Å². The minimum absolute atomic E-state index is 0.0780. The average Bonchev–Trinajstić information content (AvgIpc) is 2.89. The maximum Gasteiger partial charge on any atom is 0.313 e. The van der Waals surface area contributed by atoms with Gasteiger partial charge in [-0.1, -0.05) is 36.0 Å². The highest BCUT2D eigenvalue weighted by molar-refractivity contribution is 6.40. The Morgan fingerprint density at radius 1 is 1.18 bits per heavy atom. The van der Waals surface area contributed by atoms with Crippen LogP contribution in [0.25, 0.3) is 0 Å². The predicted molar refractivity (Wildman–Crippen MR) is 86.3 cm³/mol. The van der Waals surface area contributed by atoms with Gasteiger partial charge in [-0.3, -0.25) is 9.59 Å². The van der Waals surface area contributed by atoms with E-state index in [9.17, 15) is 14.7 Å². The average molecular weight is 345 g/mol. The van der Waals surface area contributed by atoms with Gasteiger partial charge in [0.05, 0.1) is 5.60 Å². The summed E-state index contributed by atoms with van der Waals surface area (Å²) < 4.78 is 0. The molecule has 5 nitrogen and oxygen atoms in total. The standard InChI is InChI=1S/C15H18Cl2N2O3/c1-9-11(16)6-10(7-12(9)17)19-14(21)13(20)18-8-15(22)4-2-3-5-15/h6-7,22H,2-5,8H2,1H3,(H,18,20)(H,19,21). The van der Waals surface area contributed by atoms with Crippen LogP contribution in [0.15, 0.2) is 12.1 Å². The molecule has 1 saturated carbocycles. The van der Waals surface area contributed by atoms with Crippen LogP contribution < -0.4 is 10.6 Å². The minimum atomic E-state index is -0.896. The molecule has 1 aliphatic rings. The third-order valence-electron chi connectivity index (χ3n) is 3.86. The number of anilines is 1. The smallest absolute Gasteiger partial charge is 0.313 e. The van der Waals surface area contributed by atoms with Crippen LogP contribution in [0.4, 0.5) is 5.69 Å². The molecular formula is C15H18Cl2N2O3. The Balaban J connectivity index is 1.92. The lowest BCUT2D eigenvalue weighted by molar-refractivity contribution is -0.136. The molecule has 0 bridgehead atoms. The summed E-state index contributed by atoms with van der Waals surface area (Å²) in [5.74, 6) is -1.62. The molecule has 0 aliphatic heterocycles. The van der Waals surface area contributed by atoms with Crippen LogP contribution in [0.5, 0.6) is 0 Å². The van der Waals surface area contributed by atoms with E-state index >= 15 is 0 Å². The molecule has 2 rings (SSSR count). The molecule has 0 saturated heterocycles. The normalized spacial score (nSPS) is 16.4. The molecule has 7 heteroatoms. The third kappa shape index (κ3) is 4.12. The van der Waals surface area contributed by atoms with E-state index in [1.807, 2.05) is 0 Å². The maximum absolute atomic E-state index is 11.8. The molecule has 22 heavy (non-hydrogen) atoms. The molecule has 0 radical (unpaired) electrons. The first-order chi connectivity index (χ1) is 10.3. The molecule has 0 unspecified atom stereocenters. The zero-order chi connectivity index (χ0) is 16.3. The third-order valence-corrected chi connectivity index (χ3v) is 4.64. The molecule has 1 aromatic rings. The van der Waals surface area contributed by atoms with Crippen LogP contribution >= 0.6 is 23.2 Å². The number of nitrogens with one attached hydrogen (secondary N) is 2. The molecule has 3 N–H and O–H groups in total. The highest BCUT2D eigenvalue weighted by Crippen LogP contribution is 2.29. The number of hydrogen-bond acceptors (Lipinski definition) is 3. The Kier molecular flexibility index (Phi) is 5.32. The summed E-state index contributed by atoms with van der Waals surface area (Å²) in [4.78, 5) is 23.6. The fourth-order valence-corrected chi connectivity index (χ4v) is 2.93. The van der Waals surface area contributed by atoms with E-state index < -0.39 is 17.4 Å². The molecule has 1 fully saturated rings. The van der Waals surface area contributed by atoms with Crippen molar-refractivity contribution in [2.75, 3.05) is 11.9 Å². The van der Waals surface area contributed by atoms with Gasteiger partial charge in [-0.2, -0.15) is 0 Å². The van der Waals surface area contributed by atoms with Crippen LogP contribution in [0.1, 0.15) is 31.2 Å². The van der Waals surface area contributed by atoms with E-state index in [-0.39, 0.29) is 6.54 Å². The summed E-state index contributed by atoms with van der Waals surface area (Å²) in [5, 5.41) is 15.8. The van der Waals surface area contributed by atoms with Gasteiger partial charge in [-0.05, 0) is 37.5 Å². The summed E-state index contributed by atoms with van der Waals surface area (Å²) >= 11 is 12.0. The largest absolute Gasteiger partial charge is 0.388 e. The molecule has 0 aromatic heterocycles. The van der Waals surface area contributed by atoms with Gasteiger partial charge >= 0.3 is 11.8 Å². The zero-order valence-electron chi connectivity index (χ0n) is 12.2. The van der Waals surface area contributed by atoms with E-state index in [1.165, 1.54) is 12.1 Å². The number of carbonyl (C=O) groups excluding carboxylic acids is 2. The van der Waals surface area contributed by atoms with Gasteiger partial charge in [-0.15, -0.1) is 0 Å². The lowest BCUT2D eigenvalue weighted by Crippen LogP contribution is -2.44. The lowest BCUT2D eigenvalue weighted by atomic mass is 10.0. The second-order valence-electron chi connectivity index (χ2n) is 5.63. The van der Waals surface area contributed by atoms with E-state index in [1.54, 1.807) is 6.92 Å². The summed E-state index contributed by atoms with van der Waals surface area (Å²) in [6.07, 6.45) is 3.13. The van der Waals surface area contributed by atoms with E-state index in [0.717, 1.165) is 12.8 Å². The van der Waals surface area contributed by atoms with Crippen molar-refractivity contribution < 1.29 is 14.7 Å². The van der Waals surface area contributed by atoms with Gasteiger partial charge < -0.3 is 15.7 Å². The van der Waals surface area contributed by atoms with E-state index in [2.05, 4.69) is 10.6 Å².